The molecule has 0 bridgehead atoms. The fraction of sp³-hybridized carbons (Fsp3) is 0.769. The maximum Gasteiger partial charge on any atom is 0.122 e. The van der Waals surface area contributed by atoms with Gasteiger partial charge in [-0.3, -0.25) is 4.90 Å². The maximum atomic E-state index is 4.40. The van der Waals surface area contributed by atoms with Gasteiger partial charge in [0, 0.05) is 43.6 Å². The molecular weight excluding hydrogens is 212 g/mol. The van der Waals surface area contributed by atoms with Crippen LogP contribution in [0.15, 0.2) is 12.4 Å². The molecule has 0 aliphatic carbocycles. The van der Waals surface area contributed by atoms with Gasteiger partial charge in [-0.1, -0.05) is 0 Å². The zero-order chi connectivity index (χ0) is 12.5. The van der Waals surface area contributed by atoms with Crippen LogP contribution >= 0.6 is 0 Å². The molecule has 1 atom stereocenters. The molecule has 1 aliphatic heterocycles. The summed E-state index contributed by atoms with van der Waals surface area (Å²) in [6.45, 7) is 13.1. The minimum atomic E-state index is 0.197. The van der Waals surface area contributed by atoms with Crippen LogP contribution in [0.2, 0.25) is 0 Å². The zero-order valence-corrected chi connectivity index (χ0v) is 11.4. The summed E-state index contributed by atoms with van der Waals surface area (Å²) in [5.41, 5.74) is 0.197. The second-order valence-corrected chi connectivity index (χ2v) is 5.99. The number of hydrogen-bond acceptors (Lipinski definition) is 3. The Morgan fingerprint density at radius 2 is 2.18 bits per heavy atom. The van der Waals surface area contributed by atoms with E-state index in [1.165, 1.54) is 5.82 Å². The lowest BCUT2D eigenvalue weighted by Gasteiger charge is -2.34. The van der Waals surface area contributed by atoms with Gasteiger partial charge in [-0.05, 0) is 27.7 Å². The molecule has 0 spiro atoms. The molecule has 0 radical (unpaired) electrons. The summed E-state index contributed by atoms with van der Waals surface area (Å²) >= 11 is 0. The van der Waals surface area contributed by atoms with E-state index < -0.39 is 0 Å². The second-order valence-electron chi connectivity index (χ2n) is 5.99. The highest BCUT2D eigenvalue weighted by molar-refractivity contribution is 4.96. The highest BCUT2D eigenvalue weighted by Gasteiger charge is 2.22. The van der Waals surface area contributed by atoms with Crippen LogP contribution < -0.4 is 5.32 Å². The van der Waals surface area contributed by atoms with E-state index in [-0.39, 0.29) is 5.54 Å². The summed E-state index contributed by atoms with van der Waals surface area (Å²) < 4.78 is 2.25. The van der Waals surface area contributed by atoms with Crippen molar-refractivity contribution in [3.05, 3.63) is 18.2 Å². The molecule has 0 fully saturated rings. The van der Waals surface area contributed by atoms with E-state index in [1.54, 1.807) is 0 Å². The Hall–Kier alpha value is -0.870. The SMILES string of the molecule is CC(CNC(C)(C)C)N1CCn2ccnc2C1. The number of nitrogens with zero attached hydrogens (tertiary/aromatic N) is 3. The Morgan fingerprint density at radius 1 is 1.41 bits per heavy atom. The predicted molar refractivity (Wildman–Crippen MR) is 69.9 cm³/mol. The van der Waals surface area contributed by atoms with Gasteiger partial charge in [-0.15, -0.1) is 0 Å². The Labute approximate surface area is 104 Å². The van der Waals surface area contributed by atoms with Gasteiger partial charge in [0.25, 0.3) is 0 Å². The first-order chi connectivity index (χ1) is 7.96. The van der Waals surface area contributed by atoms with Gasteiger partial charge in [0.1, 0.15) is 5.82 Å². The number of nitrogens with one attached hydrogen (secondary N) is 1. The minimum absolute atomic E-state index is 0.197. The van der Waals surface area contributed by atoms with E-state index in [4.69, 9.17) is 0 Å². The summed E-state index contributed by atoms with van der Waals surface area (Å²) in [7, 11) is 0. The van der Waals surface area contributed by atoms with Crippen molar-refractivity contribution in [2.45, 2.75) is 52.4 Å². The molecule has 17 heavy (non-hydrogen) atoms. The molecule has 1 aromatic rings. The van der Waals surface area contributed by atoms with E-state index in [0.717, 1.165) is 26.2 Å². The molecule has 1 unspecified atom stereocenters. The van der Waals surface area contributed by atoms with Gasteiger partial charge >= 0.3 is 0 Å². The van der Waals surface area contributed by atoms with E-state index >= 15 is 0 Å². The maximum absolute atomic E-state index is 4.40. The van der Waals surface area contributed by atoms with Gasteiger partial charge in [0.15, 0.2) is 0 Å². The summed E-state index contributed by atoms with van der Waals surface area (Å²) in [6, 6.07) is 0.555. The van der Waals surface area contributed by atoms with Crippen molar-refractivity contribution in [3.8, 4) is 0 Å². The smallest absolute Gasteiger partial charge is 0.122 e. The number of rotatable bonds is 3. The van der Waals surface area contributed by atoms with Crippen molar-refractivity contribution < 1.29 is 0 Å². The minimum Gasteiger partial charge on any atom is -0.333 e. The molecule has 0 saturated carbocycles. The van der Waals surface area contributed by atoms with Crippen molar-refractivity contribution in [3.63, 3.8) is 0 Å². The van der Waals surface area contributed by atoms with Crippen molar-refractivity contribution >= 4 is 0 Å². The average Bonchev–Trinajstić information content (AvgIpc) is 2.71. The molecule has 0 amide bonds. The number of aromatic nitrogens is 2. The Morgan fingerprint density at radius 3 is 2.88 bits per heavy atom. The number of imidazole rings is 1. The fourth-order valence-corrected chi connectivity index (χ4v) is 2.15. The highest BCUT2D eigenvalue weighted by Crippen LogP contribution is 2.13. The molecule has 2 rings (SSSR count). The third kappa shape index (κ3) is 3.30. The van der Waals surface area contributed by atoms with Crippen LogP contribution in [0.25, 0.3) is 0 Å². The van der Waals surface area contributed by atoms with Crippen molar-refractivity contribution in [2.75, 3.05) is 13.1 Å². The van der Waals surface area contributed by atoms with Crippen LogP contribution in [-0.2, 0) is 13.1 Å². The van der Waals surface area contributed by atoms with E-state index in [9.17, 15) is 0 Å². The lowest BCUT2D eigenvalue weighted by atomic mass is 10.1. The molecule has 2 heterocycles. The Kier molecular flexibility index (Phi) is 3.54. The quantitative estimate of drug-likeness (QED) is 0.863. The van der Waals surface area contributed by atoms with Crippen molar-refractivity contribution in [2.24, 2.45) is 0 Å². The zero-order valence-electron chi connectivity index (χ0n) is 11.4. The van der Waals surface area contributed by atoms with E-state index in [0.29, 0.717) is 6.04 Å². The van der Waals surface area contributed by atoms with Crippen molar-refractivity contribution in [1.29, 1.82) is 0 Å². The van der Waals surface area contributed by atoms with Crippen molar-refractivity contribution in [1.82, 2.24) is 19.8 Å². The van der Waals surface area contributed by atoms with Crippen LogP contribution in [0, 0.1) is 0 Å². The Balaban J connectivity index is 1.88. The molecule has 1 N–H and O–H groups in total. The topological polar surface area (TPSA) is 33.1 Å². The van der Waals surface area contributed by atoms with Gasteiger partial charge in [0.2, 0.25) is 0 Å². The van der Waals surface area contributed by atoms with Gasteiger partial charge in [0.05, 0.1) is 6.54 Å². The van der Waals surface area contributed by atoms with Crippen LogP contribution in [0.3, 0.4) is 0 Å². The van der Waals surface area contributed by atoms with E-state index in [1.807, 2.05) is 6.20 Å². The van der Waals surface area contributed by atoms with Crippen LogP contribution in [0.5, 0.6) is 0 Å². The lowest BCUT2D eigenvalue weighted by molar-refractivity contribution is 0.153. The van der Waals surface area contributed by atoms with Gasteiger partial charge in [-0.2, -0.15) is 0 Å². The first-order valence-electron chi connectivity index (χ1n) is 6.45. The molecule has 0 aromatic carbocycles. The van der Waals surface area contributed by atoms with Gasteiger partial charge < -0.3 is 9.88 Å². The molecule has 4 heteroatoms. The average molecular weight is 236 g/mol. The highest BCUT2D eigenvalue weighted by atomic mass is 15.3. The Bertz CT molecular complexity index is 364. The van der Waals surface area contributed by atoms with E-state index in [2.05, 4.69) is 53.7 Å². The third-order valence-corrected chi connectivity index (χ3v) is 3.33. The molecule has 1 aromatic heterocycles. The molecule has 4 nitrogen and oxygen atoms in total. The van der Waals surface area contributed by atoms with Crippen LogP contribution in [0.1, 0.15) is 33.5 Å². The summed E-state index contributed by atoms with van der Waals surface area (Å²) in [5.74, 6) is 1.19. The number of fused-ring (bicyclic) bond motifs is 1. The molecule has 96 valence electrons. The summed E-state index contributed by atoms with van der Waals surface area (Å²) in [4.78, 5) is 6.90. The summed E-state index contributed by atoms with van der Waals surface area (Å²) in [6.07, 6.45) is 3.97. The normalized spacial score (nSPS) is 19.1. The summed E-state index contributed by atoms with van der Waals surface area (Å²) in [5, 5.41) is 3.57. The third-order valence-electron chi connectivity index (χ3n) is 3.33. The second kappa shape index (κ2) is 4.78. The molecule has 1 aliphatic rings. The van der Waals surface area contributed by atoms with Gasteiger partial charge in [-0.25, -0.2) is 4.98 Å². The first-order valence-corrected chi connectivity index (χ1v) is 6.45. The molecular formula is C13H24N4. The standard InChI is InChI=1S/C13H24N4/c1-11(9-15-13(2,3)4)17-8-7-16-6-5-14-12(16)10-17/h5-6,11,15H,7-10H2,1-4H3. The fourth-order valence-electron chi connectivity index (χ4n) is 2.15. The first kappa shape index (κ1) is 12.6. The van der Waals surface area contributed by atoms with Crippen LogP contribution in [-0.4, -0.2) is 39.1 Å². The monoisotopic (exact) mass is 236 g/mol. The van der Waals surface area contributed by atoms with Crippen LogP contribution in [0.4, 0.5) is 0 Å². The largest absolute Gasteiger partial charge is 0.333 e. The number of hydrogen-bond donors (Lipinski definition) is 1. The molecule has 0 saturated heterocycles. The lowest BCUT2D eigenvalue weighted by Crippen LogP contribution is -2.48. The predicted octanol–water partition coefficient (Wildman–Crippen LogP) is 1.48.